The molecule has 0 saturated carbocycles. The number of carbonyl (C=O) groups is 1. The van der Waals surface area contributed by atoms with Gasteiger partial charge in [0.2, 0.25) is 5.91 Å². The van der Waals surface area contributed by atoms with E-state index >= 15 is 0 Å². The van der Waals surface area contributed by atoms with Crippen molar-refractivity contribution in [3.63, 3.8) is 0 Å². The van der Waals surface area contributed by atoms with Crippen molar-refractivity contribution in [3.8, 4) is 0 Å². The summed E-state index contributed by atoms with van der Waals surface area (Å²) in [6, 6.07) is 7.15. The van der Waals surface area contributed by atoms with Gasteiger partial charge in [0.1, 0.15) is 12.4 Å². The molecule has 1 aromatic carbocycles. The maximum atomic E-state index is 12.5. The van der Waals surface area contributed by atoms with Crippen molar-refractivity contribution in [2.75, 3.05) is 12.4 Å². The molecule has 26 heavy (non-hydrogen) atoms. The normalized spacial score (nSPS) is 11.7. The smallest absolute Gasteiger partial charge is 0.246 e. The van der Waals surface area contributed by atoms with Gasteiger partial charge in [0, 0.05) is 36.4 Å². The number of anilines is 1. The van der Waals surface area contributed by atoms with Crippen LogP contribution in [0.2, 0.25) is 0 Å². The number of hydrogen-bond donors (Lipinski definition) is 2. The summed E-state index contributed by atoms with van der Waals surface area (Å²) in [5.41, 5.74) is 1.55. The van der Waals surface area contributed by atoms with Crippen LogP contribution in [-0.4, -0.2) is 37.5 Å². The van der Waals surface area contributed by atoms with Crippen molar-refractivity contribution in [3.05, 3.63) is 48.5 Å². The van der Waals surface area contributed by atoms with Crippen LogP contribution in [0.4, 0.5) is 5.69 Å². The van der Waals surface area contributed by atoms with Gasteiger partial charge in [0.25, 0.3) is 0 Å². The Morgan fingerprint density at radius 1 is 1.23 bits per heavy atom. The van der Waals surface area contributed by atoms with Crippen LogP contribution in [0.3, 0.4) is 0 Å². The van der Waals surface area contributed by atoms with E-state index < -0.39 is 6.04 Å². The van der Waals surface area contributed by atoms with Crippen LogP contribution in [-0.2, 0) is 18.9 Å². The quantitative estimate of drug-likeness (QED) is 0.666. The zero-order chi connectivity index (χ0) is 17.8. The van der Waals surface area contributed by atoms with Crippen LogP contribution in [0, 0.1) is 0 Å². The number of hydrogen-bond acceptors (Lipinski definition) is 6. The summed E-state index contributed by atoms with van der Waals surface area (Å²) in [5, 5.41) is 18.7. The average Bonchev–Trinajstić information content (AvgIpc) is 3.19. The first-order valence-corrected chi connectivity index (χ1v) is 8.47. The molecular formula is C16H20ClN7OS. The van der Waals surface area contributed by atoms with E-state index in [1.54, 1.807) is 24.3 Å². The lowest BCUT2D eigenvalue weighted by Gasteiger charge is -2.14. The van der Waals surface area contributed by atoms with E-state index in [-0.39, 0.29) is 18.3 Å². The van der Waals surface area contributed by atoms with Crippen LogP contribution in [0.15, 0.2) is 53.0 Å². The molecule has 0 aliphatic carbocycles. The fourth-order valence-electron chi connectivity index (χ4n) is 2.33. The van der Waals surface area contributed by atoms with E-state index in [0.717, 1.165) is 21.3 Å². The molecule has 2 heterocycles. The van der Waals surface area contributed by atoms with Crippen LogP contribution in [0.25, 0.3) is 0 Å². The Morgan fingerprint density at radius 3 is 2.50 bits per heavy atom. The highest BCUT2D eigenvalue weighted by molar-refractivity contribution is 7.99. The lowest BCUT2D eigenvalue weighted by Crippen LogP contribution is -2.30. The minimum Gasteiger partial charge on any atom is -0.324 e. The molecule has 2 aromatic heterocycles. The van der Waals surface area contributed by atoms with Gasteiger partial charge in [0.05, 0.1) is 6.20 Å². The molecule has 0 bridgehead atoms. The number of nitrogens with zero attached hydrogens (tertiary/aromatic N) is 5. The molecular weight excluding hydrogens is 374 g/mol. The van der Waals surface area contributed by atoms with Crippen molar-refractivity contribution >= 4 is 35.8 Å². The molecule has 138 valence electrons. The van der Waals surface area contributed by atoms with E-state index in [9.17, 15) is 4.79 Å². The Bertz CT molecular complexity index is 862. The van der Waals surface area contributed by atoms with Gasteiger partial charge in [-0.1, -0.05) is 0 Å². The first-order valence-electron chi connectivity index (χ1n) is 7.65. The molecule has 0 aliphatic rings. The Kier molecular flexibility index (Phi) is 6.78. The van der Waals surface area contributed by atoms with Crippen molar-refractivity contribution in [1.29, 1.82) is 0 Å². The molecule has 10 heteroatoms. The predicted octanol–water partition coefficient (Wildman–Crippen LogP) is 2.02. The van der Waals surface area contributed by atoms with Crippen LogP contribution >= 0.6 is 24.2 Å². The number of nitrogens with one attached hydrogen (secondary N) is 2. The molecule has 3 rings (SSSR count). The first-order chi connectivity index (χ1) is 12.1. The second-order valence-electron chi connectivity index (χ2n) is 5.51. The van der Waals surface area contributed by atoms with E-state index in [0.29, 0.717) is 0 Å². The van der Waals surface area contributed by atoms with Gasteiger partial charge in [-0.25, -0.2) is 0 Å². The zero-order valence-corrected chi connectivity index (χ0v) is 16.2. The predicted molar refractivity (Wildman–Crippen MR) is 102 cm³/mol. The first kappa shape index (κ1) is 20.0. The molecule has 0 radical (unpaired) electrons. The van der Waals surface area contributed by atoms with Crippen molar-refractivity contribution in [2.24, 2.45) is 14.1 Å². The summed E-state index contributed by atoms with van der Waals surface area (Å²) in [6.07, 6.45) is 5.16. The molecule has 0 fully saturated rings. The number of benzene rings is 1. The molecule has 0 spiro atoms. The molecule has 3 aromatic rings. The molecule has 0 saturated heterocycles. The molecule has 1 unspecified atom stereocenters. The van der Waals surface area contributed by atoms with Gasteiger partial charge >= 0.3 is 0 Å². The van der Waals surface area contributed by atoms with Crippen LogP contribution in [0.5, 0.6) is 0 Å². The van der Waals surface area contributed by atoms with Gasteiger partial charge in [-0.15, -0.1) is 22.6 Å². The highest BCUT2D eigenvalue weighted by Crippen LogP contribution is 2.26. The second-order valence-corrected chi connectivity index (χ2v) is 6.55. The third-order valence-corrected chi connectivity index (χ3v) is 4.67. The van der Waals surface area contributed by atoms with Crippen LogP contribution < -0.4 is 10.6 Å². The Balaban J connectivity index is 0.00000243. The van der Waals surface area contributed by atoms with Crippen LogP contribution in [0.1, 0.15) is 11.6 Å². The van der Waals surface area contributed by atoms with Crippen molar-refractivity contribution < 1.29 is 4.79 Å². The summed E-state index contributed by atoms with van der Waals surface area (Å²) in [7, 11) is 5.47. The van der Waals surface area contributed by atoms with Crippen molar-refractivity contribution in [1.82, 2.24) is 29.9 Å². The standard InChI is InChI=1S/C16H19N7OS.ClH/c1-17-14(11-8-19-23(3)9-11)15(24)20-12-4-6-13(7-5-12)25-16-21-18-10-22(16)2;/h4-10,14,17H,1-3H3,(H,20,24);1H. The topological polar surface area (TPSA) is 89.7 Å². The third-order valence-electron chi connectivity index (χ3n) is 3.61. The number of carbonyl (C=O) groups excluding carboxylic acids is 1. The molecule has 2 N–H and O–H groups in total. The summed E-state index contributed by atoms with van der Waals surface area (Å²) in [5.74, 6) is -0.135. The Morgan fingerprint density at radius 2 is 1.96 bits per heavy atom. The molecule has 1 amide bonds. The van der Waals surface area contributed by atoms with E-state index in [1.807, 2.05) is 49.1 Å². The van der Waals surface area contributed by atoms with Gasteiger partial charge in [-0.3, -0.25) is 9.48 Å². The zero-order valence-electron chi connectivity index (χ0n) is 14.6. The van der Waals surface area contributed by atoms with Gasteiger partial charge in [-0.2, -0.15) is 5.10 Å². The minimum absolute atomic E-state index is 0. The number of likely N-dealkylation sites (N-methyl/N-ethyl adjacent to an activating group) is 1. The number of halogens is 1. The summed E-state index contributed by atoms with van der Waals surface area (Å²) in [4.78, 5) is 13.5. The third kappa shape index (κ3) is 4.63. The monoisotopic (exact) mass is 393 g/mol. The summed E-state index contributed by atoms with van der Waals surface area (Å²) in [6.45, 7) is 0. The fourth-order valence-corrected chi connectivity index (χ4v) is 3.09. The molecule has 0 aliphatic heterocycles. The number of aryl methyl sites for hydroxylation is 2. The Hall–Kier alpha value is -2.36. The van der Waals surface area contributed by atoms with E-state index in [4.69, 9.17) is 0 Å². The van der Waals surface area contributed by atoms with E-state index in [2.05, 4.69) is 25.9 Å². The van der Waals surface area contributed by atoms with Gasteiger partial charge in [0.15, 0.2) is 5.16 Å². The fraction of sp³-hybridized carbons (Fsp3) is 0.250. The largest absolute Gasteiger partial charge is 0.324 e. The maximum Gasteiger partial charge on any atom is 0.246 e. The maximum absolute atomic E-state index is 12.5. The van der Waals surface area contributed by atoms with Gasteiger partial charge in [-0.05, 0) is 43.1 Å². The van der Waals surface area contributed by atoms with Crippen molar-refractivity contribution in [2.45, 2.75) is 16.1 Å². The number of rotatable bonds is 6. The van der Waals surface area contributed by atoms with Gasteiger partial charge < -0.3 is 15.2 Å². The molecule has 1 atom stereocenters. The lowest BCUT2D eigenvalue weighted by atomic mass is 10.1. The lowest BCUT2D eigenvalue weighted by molar-refractivity contribution is -0.118. The van der Waals surface area contributed by atoms with E-state index in [1.165, 1.54) is 11.8 Å². The average molecular weight is 394 g/mol. The number of aromatic nitrogens is 5. The second kappa shape index (κ2) is 8.84. The molecule has 8 nitrogen and oxygen atoms in total. The Labute approximate surface area is 161 Å². The summed E-state index contributed by atoms with van der Waals surface area (Å²) >= 11 is 1.51. The summed E-state index contributed by atoms with van der Waals surface area (Å²) < 4.78 is 3.53. The minimum atomic E-state index is -0.457. The highest BCUT2D eigenvalue weighted by atomic mass is 35.5. The SMILES string of the molecule is CNC(C(=O)Nc1ccc(Sc2nncn2C)cc1)c1cnn(C)c1.Cl. The number of amides is 1. The highest BCUT2D eigenvalue weighted by Gasteiger charge is 2.20.